The van der Waals surface area contributed by atoms with E-state index in [1.165, 1.54) is 11.1 Å². The lowest BCUT2D eigenvalue weighted by Gasteiger charge is -2.39. The van der Waals surface area contributed by atoms with Crippen LogP contribution in [0.5, 0.6) is 0 Å². The molecule has 2 heterocycles. The number of fused-ring (bicyclic) bond motifs is 1. The van der Waals surface area contributed by atoms with E-state index in [2.05, 4.69) is 41.0 Å². The Balaban J connectivity index is 1.45. The van der Waals surface area contributed by atoms with E-state index in [4.69, 9.17) is 5.11 Å². The van der Waals surface area contributed by atoms with E-state index in [1.54, 1.807) is 0 Å². The van der Waals surface area contributed by atoms with E-state index in [9.17, 15) is 4.79 Å². The van der Waals surface area contributed by atoms with Gasteiger partial charge >= 0.3 is 0 Å². The van der Waals surface area contributed by atoms with Gasteiger partial charge in [-0.3, -0.25) is 9.69 Å². The molecule has 1 aromatic rings. The summed E-state index contributed by atoms with van der Waals surface area (Å²) in [7, 11) is 0. The fourth-order valence-corrected chi connectivity index (χ4v) is 3.85. The fraction of sp³-hybridized carbons (Fsp3) is 0.632. The summed E-state index contributed by atoms with van der Waals surface area (Å²) in [6, 6.07) is 8.89. The summed E-state index contributed by atoms with van der Waals surface area (Å²) in [6.07, 6.45) is 1.58. The smallest absolute Gasteiger partial charge is 0.224 e. The van der Waals surface area contributed by atoms with Crippen molar-refractivity contribution >= 4 is 5.91 Å². The summed E-state index contributed by atoms with van der Waals surface area (Å²) >= 11 is 0. The monoisotopic (exact) mass is 331 g/mol. The van der Waals surface area contributed by atoms with Gasteiger partial charge < -0.3 is 14.9 Å². The van der Waals surface area contributed by atoms with Gasteiger partial charge in [-0.1, -0.05) is 24.3 Å². The third-order valence-corrected chi connectivity index (χ3v) is 5.36. The molecule has 1 fully saturated rings. The van der Waals surface area contributed by atoms with Gasteiger partial charge in [0.1, 0.15) is 0 Å². The SMILES string of the molecule is C[C@@H]1CN(CCC(=O)N2CCc3ccccc3C2)CCN1CCO. The quantitative estimate of drug-likeness (QED) is 0.873. The molecule has 3 rings (SSSR count). The van der Waals surface area contributed by atoms with Crippen molar-refractivity contribution in [3.05, 3.63) is 35.4 Å². The molecule has 0 unspecified atom stereocenters. The van der Waals surface area contributed by atoms with Gasteiger partial charge in [0, 0.05) is 58.3 Å². The van der Waals surface area contributed by atoms with Gasteiger partial charge in [-0.15, -0.1) is 0 Å². The molecule has 1 N–H and O–H groups in total. The number of rotatable bonds is 5. The lowest BCUT2D eigenvalue weighted by atomic mass is 10.00. The average Bonchev–Trinajstić information content (AvgIpc) is 2.61. The highest BCUT2D eigenvalue weighted by molar-refractivity contribution is 5.76. The second kappa shape index (κ2) is 8.10. The summed E-state index contributed by atoms with van der Waals surface area (Å²) in [5, 5.41) is 9.09. The Morgan fingerprint density at radius 3 is 2.71 bits per heavy atom. The van der Waals surface area contributed by atoms with Gasteiger partial charge in [0.15, 0.2) is 0 Å². The van der Waals surface area contributed by atoms with Crippen LogP contribution in [0.15, 0.2) is 24.3 Å². The Kier molecular flexibility index (Phi) is 5.87. The van der Waals surface area contributed by atoms with Crippen LogP contribution < -0.4 is 0 Å². The standard InChI is InChI=1S/C19H29N3O2/c1-16-14-20(10-11-21(16)12-13-23)8-7-19(24)22-9-6-17-4-2-3-5-18(17)15-22/h2-5,16,23H,6-15H2,1H3/t16-/m1/s1. The molecule has 1 saturated heterocycles. The number of hydrogen-bond acceptors (Lipinski definition) is 4. The van der Waals surface area contributed by atoms with Crippen molar-refractivity contribution in [2.45, 2.75) is 32.4 Å². The van der Waals surface area contributed by atoms with Crippen molar-refractivity contribution in [1.82, 2.24) is 14.7 Å². The van der Waals surface area contributed by atoms with Gasteiger partial charge in [-0.2, -0.15) is 0 Å². The first-order valence-corrected chi connectivity index (χ1v) is 9.09. The van der Waals surface area contributed by atoms with Crippen LogP contribution in [0.1, 0.15) is 24.5 Å². The highest BCUT2D eigenvalue weighted by Gasteiger charge is 2.25. The summed E-state index contributed by atoms with van der Waals surface area (Å²) in [4.78, 5) is 19.3. The van der Waals surface area contributed by atoms with Crippen molar-refractivity contribution in [1.29, 1.82) is 0 Å². The normalized spacial score (nSPS) is 22.4. The Bertz CT molecular complexity index is 563. The van der Waals surface area contributed by atoms with Crippen LogP contribution in [-0.4, -0.2) is 77.6 Å². The zero-order valence-corrected chi connectivity index (χ0v) is 14.7. The molecule has 24 heavy (non-hydrogen) atoms. The maximum absolute atomic E-state index is 12.6. The average molecular weight is 331 g/mol. The largest absolute Gasteiger partial charge is 0.395 e. The Labute approximate surface area is 144 Å². The molecule has 1 aromatic carbocycles. The summed E-state index contributed by atoms with van der Waals surface area (Å²) in [5.74, 6) is 0.273. The Morgan fingerprint density at radius 1 is 1.17 bits per heavy atom. The number of carbonyl (C=O) groups excluding carboxylic acids is 1. The number of β-amino-alcohol motifs (C(OH)–C–C–N with tert-alkyl or cyclic N) is 1. The third kappa shape index (κ3) is 4.15. The molecule has 0 aromatic heterocycles. The molecular formula is C19H29N3O2. The predicted octanol–water partition coefficient (Wildman–Crippen LogP) is 0.960. The van der Waals surface area contributed by atoms with Gasteiger partial charge in [0.2, 0.25) is 5.91 Å². The number of aliphatic hydroxyl groups excluding tert-OH is 1. The molecule has 0 bridgehead atoms. The highest BCUT2D eigenvalue weighted by atomic mass is 16.3. The zero-order chi connectivity index (χ0) is 16.9. The van der Waals surface area contributed by atoms with Crippen molar-refractivity contribution in [2.24, 2.45) is 0 Å². The first-order valence-electron chi connectivity index (χ1n) is 9.09. The number of amides is 1. The highest BCUT2D eigenvalue weighted by Crippen LogP contribution is 2.19. The van der Waals surface area contributed by atoms with Crippen LogP contribution in [-0.2, 0) is 17.8 Å². The summed E-state index contributed by atoms with van der Waals surface area (Å²) in [6.45, 7) is 8.57. The molecular weight excluding hydrogens is 302 g/mol. The molecule has 0 aliphatic carbocycles. The summed E-state index contributed by atoms with van der Waals surface area (Å²) in [5.41, 5.74) is 2.68. The van der Waals surface area contributed by atoms with Crippen LogP contribution in [0.4, 0.5) is 0 Å². The second-order valence-electron chi connectivity index (χ2n) is 6.99. The van der Waals surface area contributed by atoms with E-state index in [1.807, 2.05) is 4.90 Å². The lowest BCUT2D eigenvalue weighted by molar-refractivity contribution is -0.132. The number of carbonyl (C=O) groups is 1. The Hall–Kier alpha value is -1.43. The van der Waals surface area contributed by atoms with E-state index in [-0.39, 0.29) is 12.5 Å². The minimum Gasteiger partial charge on any atom is -0.395 e. The van der Waals surface area contributed by atoms with Crippen LogP contribution in [0.3, 0.4) is 0 Å². The predicted molar refractivity (Wildman–Crippen MR) is 94.7 cm³/mol. The fourth-order valence-electron chi connectivity index (χ4n) is 3.85. The van der Waals surface area contributed by atoms with Crippen molar-refractivity contribution in [3.8, 4) is 0 Å². The molecule has 132 valence electrons. The van der Waals surface area contributed by atoms with Crippen molar-refractivity contribution in [2.75, 3.05) is 45.9 Å². The third-order valence-electron chi connectivity index (χ3n) is 5.36. The van der Waals surface area contributed by atoms with Gasteiger partial charge in [-0.25, -0.2) is 0 Å². The van der Waals surface area contributed by atoms with Crippen LogP contribution in [0, 0.1) is 0 Å². The molecule has 0 radical (unpaired) electrons. The number of benzene rings is 1. The number of hydrogen-bond donors (Lipinski definition) is 1. The van der Waals surface area contributed by atoms with Gasteiger partial charge in [0.05, 0.1) is 6.61 Å². The van der Waals surface area contributed by atoms with E-state index < -0.39 is 0 Å². The van der Waals surface area contributed by atoms with Crippen LogP contribution in [0.2, 0.25) is 0 Å². The van der Waals surface area contributed by atoms with E-state index in [0.29, 0.717) is 12.5 Å². The van der Waals surface area contributed by atoms with Crippen molar-refractivity contribution < 1.29 is 9.90 Å². The van der Waals surface area contributed by atoms with Crippen molar-refractivity contribution in [3.63, 3.8) is 0 Å². The maximum atomic E-state index is 12.6. The molecule has 2 aliphatic heterocycles. The minimum absolute atomic E-state index is 0.221. The van der Waals surface area contributed by atoms with Gasteiger partial charge in [-0.05, 0) is 24.5 Å². The molecule has 0 spiro atoms. The molecule has 5 heteroatoms. The maximum Gasteiger partial charge on any atom is 0.224 e. The van der Waals surface area contributed by atoms with E-state index >= 15 is 0 Å². The Morgan fingerprint density at radius 2 is 1.96 bits per heavy atom. The lowest BCUT2D eigenvalue weighted by Crippen LogP contribution is -2.53. The van der Waals surface area contributed by atoms with Crippen LogP contribution >= 0.6 is 0 Å². The summed E-state index contributed by atoms with van der Waals surface area (Å²) < 4.78 is 0. The molecule has 0 saturated carbocycles. The second-order valence-corrected chi connectivity index (χ2v) is 6.99. The minimum atomic E-state index is 0.221. The zero-order valence-electron chi connectivity index (χ0n) is 14.7. The van der Waals surface area contributed by atoms with Crippen LogP contribution in [0.25, 0.3) is 0 Å². The topological polar surface area (TPSA) is 47.0 Å². The first kappa shape index (κ1) is 17.4. The number of nitrogens with zero attached hydrogens (tertiary/aromatic N) is 3. The first-order chi connectivity index (χ1) is 11.7. The number of aliphatic hydroxyl groups is 1. The molecule has 5 nitrogen and oxygen atoms in total. The molecule has 1 amide bonds. The molecule has 2 aliphatic rings. The van der Waals surface area contributed by atoms with E-state index in [0.717, 1.165) is 52.2 Å². The number of piperazine rings is 1. The van der Waals surface area contributed by atoms with Gasteiger partial charge in [0.25, 0.3) is 0 Å². The molecule has 1 atom stereocenters.